The van der Waals surface area contributed by atoms with Crippen molar-refractivity contribution in [2.45, 2.75) is 79.1 Å². The van der Waals surface area contributed by atoms with E-state index in [0.717, 1.165) is 27.9 Å². The first-order chi connectivity index (χ1) is 18.6. The Morgan fingerprint density at radius 2 is 1.73 bits per heavy atom. The molecule has 9 nitrogen and oxygen atoms in total. The quantitative estimate of drug-likeness (QED) is 0.294. The summed E-state index contributed by atoms with van der Waals surface area (Å²) in [6, 6.07) is 4.46. The van der Waals surface area contributed by atoms with E-state index in [1.807, 2.05) is 19.2 Å². The number of aromatic amines is 1. The molecule has 1 N–H and O–H groups in total. The Morgan fingerprint density at radius 3 is 2.30 bits per heavy atom. The molecule has 0 aliphatic rings. The second-order valence-corrected chi connectivity index (χ2v) is 11.6. The zero-order valence-corrected chi connectivity index (χ0v) is 24.9. The van der Waals surface area contributed by atoms with Crippen molar-refractivity contribution in [1.29, 1.82) is 0 Å². The standard InChI is InChI=1S/C29H37ClFN3O6/c1-9-18-15-32-25-20(18)14-19(16-33-25)38-17(2)23-22(11-10-21(31)24(23)30)37-13-12-34(26(35)39-28(3,4)5)27(36)40-29(6,7)8/h10-11,14-17H,9,12-13H2,1-8H3,(H,32,33). The molecule has 40 heavy (non-hydrogen) atoms. The lowest BCUT2D eigenvalue weighted by Gasteiger charge is -2.28. The molecule has 0 bridgehead atoms. The minimum Gasteiger partial charge on any atom is -0.491 e. The topological polar surface area (TPSA) is 103 Å². The first-order valence-electron chi connectivity index (χ1n) is 13.1. The van der Waals surface area contributed by atoms with E-state index in [4.69, 9.17) is 30.5 Å². The van der Waals surface area contributed by atoms with Crippen molar-refractivity contribution in [3.8, 4) is 11.5 Å². The highest BCUT2D eigenvalue weighted by molar-refractivity contribution is 6.31. The van der Waals surface area contributed by atoms with Gasteiger partial charge in [0, 0.05) is 11.6 Å². The molecule has 218 valence electrons. The van der Waals surface area contributed by atoms with Crippen molar-refractivity contribution in [3.05, 3.63) is 52.6 Å². The fourth-order valence-electron chi connectivity index (χ4n) is 3.85. The van der Waals surface area contributed by atoms with Gasteiger partial charge in [-0.3, -0.25) is 0 Å². The van der Waals surface area contributed by atoms with Crippen LogP contribution in [0.1, 0.15) is 72.6 Å². The summed E-state index contributed by atoms with van der Waals surface area (Å²) in [7, 11) is 0. The van der Waals surface area contributed by atoms with Gasteiger partial charge in [-0.1, -0.05) is 18.5 Å². The van der Waals surface area contributed by atoms with E-state index in [-0.39, 0.29) is 29.5 Å². The number of aromatic nitrogens is 2. The predicted molar refractivity (Wildman–Crippen MR) is 151 cm³/mol. The lowest BCUT2D eigenvalue weighted by Crippen LogP contribution is -2.45. The minimum absolute atomic E-state index is 0.142. The lowest BCUT2D eigenvalue weighted by molar-refractivity contribution is -0.000742. The summed E-state index contributed by atoms with van der Waals surface area (Å²) in [6.45, 7) is 13.6. The number of hydrogen-bond acceptors (Lipinski definition) is 7. The van der Waals surface area contributed by atoms with Crippen LogP contribution in [0.15, 0.2) is 30.6 Å². The molecule has 2 aromatic heterocycles. The van der Waals surface area contributed by atoms with Crippen LogP contribution in [0, 0.1) is 5.82 Å². The van der Waals surface area contributed by atoms with Crippen LogP contribution in [-0.2, 0) is 15.9 Å². The molecule has 0 aliphatic heterocycles. The van der Waals surface area contributed by atoms with Crippen LogP contribution >= 0.6 is 11.6 Å². The largest absolute Gasteiger partial charge is 0.491 e. The maximum Gasteiger partial charge on any atom is 0.419 e. The van der Waals surface area contributed by atoms with Gasteiger partial charge in [0.2, 0.25) is 0 Å². The Balaban J connectivity index is 1.80. The molecule has 1 atom stereocenters. The average Bonchev–Trinajstić information content (AvgIpc) is 3.23. The second-order valence-electron chi connectivity index (χ2n) is 11.2. The van der Waals surface area contributed by atoms with Gasteiger partial charge in [0.25, 0.3) is 0 Å². The monoisotopic (exact) mass is 577 g/mol. The van der Waals surface area contributed by atoms with E-state index < -0.39 is 35.3 Å². The highest BCUT2D eigenvalue weighted by Gasteiger charge is 2.31. The van der Waals surface area contributed by atoms with Crippen LogP contribution in [-0.4, -0.2) is 51.4 Å². The lowest BCUT2D eigenvalue weighted by atomic mass is 10.1. The van der Waals surface area contributed by atoms with Gasteiger partial charge in [-0.2, -0.15) is 0 Å². The number of hydrogen-bond donors (Lipinski definition) is 1. The van der Waals surface area contributed by atoms with E-state index in [2.05, 4.69) is 9.97 Å². The van der Waals surface area contributed by atoms with Crippen LogP contribution in [0.3, 0.4) is 0 Å². The number of carbonyl (C=O) groups is 2. The molecule has 0 fully saturated rings. The molecule has 11 heteroatoms. The van der Waals surface area contributed by atoms with Gasteiger partial charge in [0.1, 0.15) is 46.9 Å². The van der Waals surface area contributed by atoms with E-state index in [1.165, 1.54) is 12.1 Å². The average molecular weight is 578 g/mol. The summed E-state index contributed by atoms with van der Waals surface area (Å²) in [5.74, 6) is 0.0647. The summed E-state index contributed by atoms with van der Waals surface area (Å²) < 4.78 is 37.3. The molecule has 1 unspecified atom stereocenters. The van der Waals surface area contributed by atoms with Crippen LogP contribution < -0.4 is 9.47 Å². The Labute approximate surface area is 238 Å². The highest BCUT2D eigenvalue weighted by Crippen LogP contribution is 2.37. The number of imide groups is 1. The van der Waals surface area contributed by atoms with Crippen molar-refractivity contribution in [2.75, 3.05) is 13.2 Å². The molecule has 3 aromatic rings. The summed E-state index contributed by atoms with van der Waals surface area (Å²) in [5, 5.41) is 0.768. The van der Waals surface area contributed by atoms with Gasteiger partial charge in [-0.15, -0.1) is 0 Å². The molecule has 0 spiro atoms. The Morgan fingerprint density at radius 1 is 1.10 bits per heavy atom. The van der Waals surface area contributed by atoms with Crippen LogP contribution in [0.25, 0.3) is 11.0 Å². The third-order valence-electron chi connectivity index (χ3n) is 5.58. The Hall–Kier alpha value is -3.53. The van der Waals surface area contributed by atoms with Crippen molar-refractivity contribution >= 4 is 34.8 Å². The number of amides is 2. The maximum absolute atomic E-state index is 14.5. The zero-order valence-electron chi connectivity index (χ0n) is 24.2. The second kappa shape index (κ2) is 12.3. The smallest absolute Gasteiger partial charge is 0.419 e. The molecule has 0 saturated heterocycles. The SMILES string of the molecule is CCc1c[nH]c2ncc(OC(C)c3c(OCCN(C(=O)OC(C)(C)C)C(=O)OC(C)(C)C)ccc(F)c3Cl)cc12. The minimum atomic E-state index is -0.876. The van der Waals surface area contributed by atoms with Crippen LogP contribution in [0.5, 0.6) is 11.5 Å². The van der Waals surface area contributed by atoms with E-state index in [0.29, 0.717) is 5.75 Å². The maximum atomic E-state index is 14.5. The van der Waals surface area contributed by atoms with Gasteiger partial charge in [0.15, 0.2) is 0 Å². The van der Waals surface area contributed by atoms with Crippen molar-refractivity contribution < 1.29 is 32.9 Å². The first-order valence-corrected chi connectivity index (χ1v) is 13.4. The molecule has 2 amide bonds. The third kappa shape index (κ3) is 8.00. The van der Waals surface area contributed by atoms with E-state index in [9.17, 15) is 14.0 Å². The molecule has 3 rings (SSSR count). The van der Waals surface area contributed by atoms with Gasteiger partial charge in [-0.25, -0.2) is 23.9 Å². The number of pyridine rings is 1. The van der Waals surface area contributed by atoms with E-state index >= 15 is 0 Å². The fraction of sp³-hybridized carbons (Fsp3) is 0.483. The normalized spacial score (nSPS) is 12.7. The van der Waals surface area contributed by atoms with Gasteiger partial charge in [-0.05, 0) is 78.6 Å². The number of nitrogens with one attached hydrogen (secondary N) is 1. The number of aryl methyl sites for hydroxylation is 1. The predicted octanol–water partition coefficient (Wildman–Crippen LogP) is 7.61. The van der Waals surface area contributed by atoms with E-state index in [1.54, 1.807) is 54.7 Å². The van der Waals surface area contributed by atoms with Crippen molar-refractivity contribution in [2.24, 2.45) is 0 Å². The number of nitrogens with zero attached hydrogens (tertiary/aromatic N) is 2. The highest BCUT2D eigenvalue weighted by atomic mass is 35.5. The van der Waals surface area contributed by atoms with Gasteiger partial charge >= 0.3 is 12.2 Å². The summed E-state index contributed by atoms with van der Waals surface area (Å²) >= 11 is 6.36. The number of halogens is 2. The zero-order chi connectivity index (χ0) is 29.8. The number of H-pyrrole nitrogens is 1. The fourth-order valence-corrected chi connectivity index (χ4v) is 4.16. The summed E-state index contributed by atoms with van der Waals surface area (Å²) in [4.78, 5) is 33.9. The summed E-state index contributed by atoms with van der Waals surface area (Å²) in [6.07, 6.45) is 1.81. The molecule has 2 heterocycles. The van der Waals surface area contributed by atoms with Gasteiger partial charge in [0.05, 0.1) is 23.3 Å². The van der Waals surface area contributed by atoms with Crippen molar-refractivity contribution in [1.82, 2.24) is 14.9 Å². The van der Waals surface area contributed by atoms with Crippen LogP contribution in [0.2, 0.25) is 5.02 Å². The Kier molecular flexibility index (Phi) is 9.56. The van der Waals surface area contributed by atoms with Gasteiger partial charge < -0.3 is 23.9 Å². The molecule has 0 saturated carbocycles. The number of fused-ring (bicyclic) bond motifs is 1. The molecular formula is C29H37ClFN3O6. The number of rotatable bonds is 8. The van der Waals surface area contributed by atoms with Crippen LogP contribution in [0.4, 0.5) is 14.0 Å². The molecule has 0 radical (unpaired) electrons. The molecular weight excluding hydrogens is 541 g/mol. The number of benzene rings is 1. The molecule has 1 aromatic carbocycles. The Bertz CT molecular complexity index is 1330. The van der Waals surface area contributed by atoms with Crippen molar-refractivity contribution in [3.63, 3.8) is 0 Å². The summed E-state index contributed by atoms with van der Waals surface area (Å²) in [5.41, 5.74) is 0.433. The number of carbonyl (C=O) groups excluding carboxylic acids is 2. The molecule has 0 aliphatic carbocycles. The number of ether oxygens (including phenoxy) is 4. The third-order valence-corrected chi connectivity index (χ3v) is 5.97. The first kappa shape index (κ1) is 31.0.